The first kappa shape index (κ1) is 15.3. The van der Waals surface area contributed by atoms with Gasteiger partial charge in [-0.25, -0.2) is 17.6 Å². The number of rotatable bonds is 2. The van der Waals surface area contributed by atoms with Crippen LogP contribution in [0.4, 0.5) is 30.7 Å². The van der Waals surface area contributed by atoms with Gasteiger partial charge in [-0.3, -0.25) is 4.98 Å². The van der Waals surface area contributed by atoms with Crippen molar-refractivity contribution in [1.29, 1.82) is 0 Å². The number of halogens is 7. The number of hydrogen-bond donors (Lipinski definition) is 0. The first-order valence-corrected chi connectivity index (χ1v) is 5.53. The maximum absolute atomic E-state index is 13.5. The molecule has 0 spiro atoms. The number of aromatic nitrogens is 1. The second-order valence-corrected chi connectivity index (χ2v) is 4.15. The van der Waals surface area contributed by atoms with E-state index in [4.69, 9.17) is 0 Å². The third-order valence-corrected chi connectivity index (χ3v) is 2.78. The van der Waals surface area contributed by atoms with E-state index >= 15 is 0 Å². The van der Waals surface area contributed by atoms with Crippen LogP contribution in [-0.2, 0) is 12.6 Å². The molecule has 0 saturated heterocycles. The monoisotopic (exact) mass is 309 g/mol. The molecule has 0 saturated carbocycles. The normalized spacial score (nSPS) is 11.8. The van der Waals surface area contributed by atoms with Crippen molar-refractivity contribution in [2.75, 3.05) is 0 Å². The first-order valence-electron chi connectivity index (χ1n) is 5.53. The maximum Gasteiger partial charge on any atom is 0.416 e. The summed E-state index contributed by atoms with van der Waals surface area (Å²) in [5, 5.41) is 0. The molecule has 0 radical (unpaired) electrons. The minimum Gasteiger partial charge on any atom is -0.264 e. The molecule has 0 atom stereocenters. The van der Waals surface area contributed by atoms with Crippen molar-refractivity contribution in [3.05, 3.63) is 64.5 Å². The molecule has 0 aliphatic carbocycles. The summed E-state index contributed by atoms with van der Waals surface area (Å²) >= 11 is 0. The molecule has 21 heavy (non-hydrogen) atoms. The lowest BCUT2D eigenvalue weighted by atomic mass is 10.0. The Morgan fingerprint density at radius 3 is 2.05 bits per heavy atom. The topological polar surface area (TPSA) is 12.9 Å². The number of alkyl halides is 3. The zero-order valence-electron chi connectivity index (χ0n) is 10.1. The summed E-state index contributed by atoms with van der Waals surface area (Å²) in [4.78, 5) is 3.43. The molecule has 2 rings (SSSR count). The Morgan fingerprint density at radius 2 is 1.52 bits per heavy atom. The Labute approximate surface area is 114 Å². The van der Waals surface area contributed by atoms with E-state index in [2.05, 4.69) is 4.98 Å². The molecule has 1 nitrogen and oxygen atoms in total. The van der Waals surface area contributed by atoms with Crippen LogP contribution >= 0.6 is 0 Å². The minimum atomic E-state index is -4.78. The lowest BCUT2D eigenvalue weighted by Crippen LogP contribution is -2.12. The van der Waals surface area contributed by atoms with Gasteiger partial charge in [0.25, 0.3) is 0 Å². The summed E-state index contributed by atoms with van der Waals surface area (Å²) in [5.41, 5.74) is -2.89. The molecule has 0 N–H and O–H groups in total. The SMILES string of the molecule is Fc1cc(F)c(F)c(Cc2cnccc2C(F)(F)F)c1F. The summed E-state index contributed by atoms with van der Waals surface area (Å²) in [6.45, 7) is 0. The molecule has 0 bridgehead atoms. The summed E-state index contributed by atoms with van der Waals surface area (Å²) in [7, 11) is 0. The van der Waals surface area contributed by atoms with Crippen LogP contribution in [0.2, 0.25) is 0 Å². The number of hydrogen-bond acceptors (Lipinski definition) is 1. The smallest absolute Gasteiger partial charge is 0.264 e. The van der Waals surface area contributed by atoms with Gasteiger partial charge in [-0.05, 0) is 11.6 Å². The quantitative estimate of drug-likeness (QED) is 0.597. The second-order valence-electron chi connectivity index (χ2n) is 4.15. The van der Waals surface area contributed by atoms with Gasteiger partial charge in [-0.15, -0.1) is 0 Å². The van der Waals surface area contributed by atoms with Crippen LogP contribution in [0.3, 0.4) is 0 Å². The molecule has 0 unspecified atom stereocenters. The Bertz CT molecular complexity index is 653. The zero-order valence-corrected chi connectivity index (χ0v) is 10.1. The van der Waals surface area contributed by atoms with Crippen LogP contribution in [-0.4, -0.2) is 4.98 Å². The highest BCUT2D eigenvalue weighted by atomic mass is 19.4. The standard InChI is InChI=1S/C13H6F7N/c14-9-4-10(15)12(17)7(11(9)16)3-6-5-21-2-1-8(6)13(18,19)20/h1-2,4-5H,3H2. The molecule has 0 fully saturated rings. The third-order valence-electron chi connectivity index (χ3n) is 2.78. The van der Waals surface area contributed by atoms with Gasteiger partial charge in [0.05, 0.1) is 5.56 Å². The average Bonchev–Trinajstić information content (AvgIpc) is 2.41. The molecule has 0 amide bonds. The van der Waals surface area contributed by atoms with E-state index in [0.717, 1.165) is 12.4 Å². The molecular weight excluding hydrogens is 303 g/mol. The summed E-state index contributed by atoms with van der Waals surface area (Å²) in [6.07, 6.45) is -4.16. The van der Waals surface area contributed by atoms with Crippen molar-refractivity contribution in [2.45, 2.75) is 12.6 Å². The lowest BCUT2D eigenvalue weighted by molar-refractivity contribution is -0.138. The van der Waals surface area contributed by atoms with Gasteiger partial charge < -0.3 is 0 Å². The van der Waals surface area contributed by atoms with Gasteiger partial charge >= 0.3 is 6.18 Å². The van der Waals surface area contributed by atoms with E-state index in [1.54, 1.807) is 0 Å². The number of pyridine rings is 1. The van der Waals surface area contributed by atoms with Crippen LogP contribution in [0.15, 0.2) is 24.5 Å². The predicted octanol–water partition coefficient (Wildman–Crippen LogP) is 4.25. The van der Waals surface area contributed by atoms with Crippen LogP contribution in [0, 0.1) is 23.3 Å². The molecular formula is C13H6F7N. The van der Waals surface area contributed by atoms with Crippen molar-refractivity contribution in [2.24, 2.45) is 0 Å². The zero-order chi connectivity index (χ0) is 15.8. The van der Waals surface area contributed by atoms with E-state index in [9.17, 15) is 30.7 Å². The van der Waals surface area contributed by atoms with Crippen LogP contribution in [0.1, 0.15) is 16.7 Å². The molecule has 2 aromatic rings. The fourth-order valence-electron chi connectivity index (χ4n) is 1.81. The van der Waals surface area contributed by atoms with Gasteiger partial charge in [0.15, 0.2) is 23.3 Å². The molecule has 1 heterocycles. The Kier molecular flexibility index (Phi) is 3.89. The van der Waals surface area contributed by atoms with E-state index in [1.165, 1.54) is 0 Å². The molecule has 1 aromatic heterocycles. The van der Waals surface area contributed by atoms with Crippen molar-refractivity contribution >= 4 is 0 Å². The van der Waals surface area contributed by atoms with Crippen molar-refractivity contribution in [1.82, 2.24) is 4.98 Å². The minimum absolute atomic E-state index is 0.0118. The van der Waals surface area contributed by atoms with Crippen molar-refractivity contribution < 1.29 is 30.7 Å². The van der Waals surface area contributed by atoms with Gasteiger partial charge in [0.2, 0.25) is 0 Å². The maximum atomic E-state index is 13.5. The van der Waals surface area contributed by atoms with E-state index in [-0.39, 0.29) is 6.07 Å². The molecule has 8 heteroatoms. The lowest BCUT2D eigenvalue weighted by Gasteiger charge is -2.13. The summed E-state index contributed by atoms with van der Waals surface area (Å²) in [6, 6.07) is 0.600. The fourth-order valence-corrected chi connectivity index (χ4v) is 1.81. The van der Waals surface area contributed by atoms with Gasteiger partial charge in [0.1, 0.15) is 0 Å². The Balaban J connectivity index is 2.54. The van der Waals surface area contributed by atoms with E-state index in [0.29, 0.717) is 6.07 Å². The van der Waals surface area contributed by atoms with E-state index in [1.807, 2.05) is 0 Å². The highest BCUT2D eigenvalue weighted by molar-refractivity contribution is 5.34. The van der Waals surface area contributed by atoms with Crippen LogP contribution in [0.25, 0.3) is 0 Å². The van der Waals surface area contributed by atoms with Crippen molar-refractivity contribution in [3.8, 4) is 0 Å². The first-order chi connectivity index (χ1) is 9.71. The largest absolute Gasteiger partial charge is 0.416 e. The third kappa shape index (κ3) is 2.98. The Hall–Kier alpha value is -2.12. The van der Waals surface area contributed by atoms with Gasteiger partial charge in [-0.2, -0.15) is 13.2 Å². The van der Waals surface area contributed by atoms with Gasteiger partial charge in [0, 0.05) is 30.4 Å². The molecule has 0 aliphatic heterocycles. The highest BCUT2D eigenvalue weighted by Crippen LogP contribution is 2.33. The number of nitrogens with zero attached hydrogens (tertiary/aromatic N) is 1. The van der Waals surface area contributed by atoms with E-state index < -0.39 is 52.6 Å². The highest BCUT2D eigenvalue weighted by Gasteiger charge is 2.34. The van der Waals surface area contributed by atoms with Crippen LogP contribution in [0.5, 0.6) is 0 Å². The summed E-state index contributed by atoms with van der Waals surface area (Å²) in [5.74, 6) is -6.82. The average molecular weight is 309 g/mol. The summed E-state index contributed by atoms with van der Waals surface area (Å²) < 4.78 is 91.3. The predicted molar refractivity (Wildman–Crippen MR) is 58.3 cm³/mol. The molecule has 1 aromatic carbocycles. The Morgan fingerprint density at radius 1 is 0.952 bits per heavy atom. The molecule has 0 aliphatic rings. The van der Waals surface area contributed by atoms with Gasteiger partial charge in [-0.1, -0.05) is 0 Å². The number of benzene rings is 1. The fraction of sp³-hybridized carbons (Fsp3) is 0.154. The molecule has 112 valence electrons. The second kappa shape index (κ2) is 5.34. The van der Waals surface area contributed by atoms with Crippen LogP contribution < -0.4 is 0 Å². The van der Waals surface area contributed by atoms with Crippen molar-refractivity contribution in [3.63, 3.8) is 0 Å².